The topological polar surface area (TPSA) is 96.6 Å². The number of amidine groups is 2. The summed E-state index contributed by atoms with van der Waals surface area (Å²) in [7, 11) is 0. The first-order valence-corrected chi connectivity index (χ1v) is 12.7. The number of carbonyl (C=O) groups excluding carboxylic acids is 1. The molecule has 0 aliphatic carbocycles. The summed E-state index contributed by atoms with van der Waals surface area (Å²) in [6.07, 6.45) is 2.41. The van der Waals surface area contributed by atoms with E-state index in [-0.39, 0.29) is 11.4 Å². The summed E-state index contributed by atoms with van der Waals surface area (Å²) in [5, 5.41) is 15.8. The molecule has 0 saturated carbocycles. The number of amides is 1. The van der Waals surface area contributed by atoms with Gasteiger partial charge in [0, 0.05) is 6.42 Å². The van der Waals surface area contributed by atoms with Crippen LogP contribution in [0.3, 0.4) is 0 Å². The number of carbonyl (C=O) groups is 1. The molecule has 9 heteroatoms. The molecule has 36 heavy (non-hydrogen) atoms. The van der Waals surface area contributed by atoms with Crippen molar-refractivity contribution in [1.82, 2.24) is 5.01 Å². The Hall–Kier alpha value is -3.59. The Labute approximate surface area is 215 Å². The Morgan fingerprint density at radius 3 is 2.53 bits per heavy atom. The zero-order valence-corrected chi connectivity index (χ0v) is 21.7. The fourth-order valence-electron chi connectivity index (χ4n) is 3.65. The van der Waals surface area contributed by atoms with Crippen molar-refractivity contribution in [1.29, 1.82) is 5.41 Å². The molecule has 0 radical (unpaired) electrons. The lowest BCUT2D eigenvalue weighted by molar-refractivity contribution is -0.114. The summed E-state index contributed by atoms with van der Waals surface area (Å²) < 4.78 is 17.5. The average Bonchev–Trinajstić information content (AvgIpc) is 3.23. The molecule has 1 amide bonds. The number of fused-ring (bicyclic) bond motifs is 1. The van der Waals surface area contributed by atoms with Gasteiger partial charge in [0.2, 0.25) is 5.17 Å². The zero-order chi connectivity index (χ0) is 25.7. The number of ether oxygens (including phenoxy) is 3. The normalized spacial score (nSPS) is 16.2. The van der Waals surface area contributed by atoms with Crippen molar-refractivity contribution >= 4 is 39.8 Å². The number of hydrazone groups is 1. The number of thioether (sulfide) groups is 1. The third-order valence-corrected chi connectivity index (χ3v) is 6.28. The first-order valence-electron chi connectivity index (χ1n) is 11.9. The van der Waals surface area contributed by atoms with E-state index in [0.717, 1.165) is 22.8 Å². The minimum Gasteiger partial charge on any atom is -0.490 e. The van der Waals surface area contributed by atoms with Crippen molar-refractivity contribution in [3.63, 3.8) is 0 Å². The molecule has 188 valence electrons. The van der Waals surface area contributed by atoms with Gasteiger partial charge >= 0.3 is 0 Å². The standard InChI is InChI=1S/C27H30N4O4S/c1-5-33-23-16-19(10-11-22(23)35-13-12-34-21-9-7-6-8-18(21)4)15-20-25(28)31-27(29-26(20)32)36-24(30-31)14-17(2)3/h6-11,15-17,28H,5,12-14H2,1-4H3. The van der Waals surface area contributed by atoms with E-state index in [1.54, 1.807) is 18.2 Å². The van der Waals surface area contributed by atoms with Gasteiger partial charge in [-0.1, -0.05) is 38.1 Å². The van der Waals surface area contributed by atoms with Crippen molar-refractivity contribution in [2.75, 3.05) is 19.8 Å². The fraction of sp³-hybridized carbons (Fsp3) is 0.333. The van der Waals surface area contributed by atoms with Crippen LogP contribution >= 0.6 is 11.8 Å². The van der Waals surface area contributed by atoms with Gasteiger partial charge in [-0.3, -0.25) is 10.2 Å². The molecule has 1 N–H and O–H groups in total. The summed E-state index contributed by atoms with van der Waals surface area (Å²) >= 11 is 1.35. The highest BCUT2D eigenvalue weighted by atomic mass is 32.2. The van der Waals surface area contributed by atoms with Gasteiger partial charge in [0.1, 0.15) is 24.0 Å². The van der Waals surface area contributed by atoms with Crippen molar-refractivity contribution in [3.05, 3.63) is 59.2 Å². The molecule has 2 aliphatic heterocycles. The molecule has 4 rings (SSSR count). The molecule has 0 saturated heterocycles. The highest BCUT2D eigenvalue weighted by Gasteiger charge is 2.35. The highest BCUT2D eigenvalue weighted by Crippen LogP contribution is 2.33. The van der Waals surface area contributed by atoms with E-state index in [9.17, 15) is 4.79 Å². The van der Waals surface area contributed by atoms with Crippen molar-refractivity contribution in [2.45, 2.75) is 34.1 Å². The van der Waals surface area contributed by atoms with Crippen LogP contribution in [0.4, 0.5) is 0 Å². The number of para-hydroxylation sites is 1. The maximum Gasteiger partial charge on any atom is 0.283 e. The van der Waals surface area contributed by atoms with Crippen LogP contribution in [0.15, 0.2) is 58.1 Å². The second kappa shape index (κ2) is 11.4. The second-order valence-corrected chi connectivity index (χ2v) is 9.75. The van der Waals surface area contributed by atoms with Crippen LogP contribution in [0.5, 0.6) is 17.2 Å². The SMILES string of the molecule is CCOc1cc(C=C2C(=N)N3N=C(CC(C)C)SC3=NC2=O)ccc1OCCOc1ccccc1C. The summed E-state index contributed by atoms with van der Waals surface area (Å²) in [5.41, 5.74) is 1.95. The molecule has 0 unspecified atom stereocenters. The predicted octanol–water partition coefficient (Wildman–Crippen LogP) is 5.52. The van der Waals surface area contributed by atoms with Crippen LogP contribution in [-0.4, -0.2) is 46.8 Å². The molecule has 0 fully saturated rings. The summed E-state index contributed by atoms with van der Waals surface area (Å²) in [6.45, 7) is 9.29. The molecule has 2 aromatic rings. The number of nitrogens with zero attached hydrogens (tertiary/aromatic N) is 3. The number of benzene rings is 2. The van der Waals surface area contributed by atoms with Crippen LogP contribution < -0.4 is 14.2 Å². The van der Waals surface area contributed by atoms with Crippen LogP contribution in [0, 0.1) is 18.3 Å². The minimum absolute atomic E-state index is 0.0166. The molecule has 2 aliphatic rings. The van der Waals surface area contributed by atoms with E-state index in [2.05, 4.69) is 23.9 Å². The smallest absolute Gasteiger partial charge is 0.283 e. The zero-order valence-electron chi connectivity index (χ0n) is 20.9. The van der Waals surface area contributed by atoms with Crippen molar-refractivity contribution in [2.24, 2.45) is 16.0 Å². The third kappa shape index (κ3) is 5.96. The summed E-state index contributed by atoms with van der Waals surface area (Å²) in [6, 6.07) is 13.2. The Morgan fingerprint density at radius 1 is 1.06 bits per heavy atom. The lowest BCUT2D eigenvalue weighted by Crippen LogP contribution is -2.35. The summed E-state index contributed by atoms with van der Waals surface area (Å²) in [5.74, 6) is 1.95. The molecule has 8 nitrogen and oxygen atoms in total. The van der Waals surface area contributed by atoms with Crippen LogP contribution in [0.25, 0.3) is 6.08 Å². The number of aryl methyl sites for hydroxylation is 1. The lowest BCUT2D eigenvalue weighted by Gasteiger charge is -2.20. The molecule has 0 bridgehead atoms. The Kier molecular flexibility index (Phi) is 8.10. The Balaban J connectivity index is 1.47. The van der Waals surface area contributed by atoms with E-state index in [1.807, 2.05) is 44.2 Å². The van der Waals surface area contributed by atoms with Gasteiger partial charge in [-0.15, -0.1) is 0 Å². The Bertz CT molecular complexity index is 1250. The minimum atomic E-state index is -0.452. The molecular weight excluding hydrogens is 476 g/mol. The molecule has 2 heterocycles. The predicted molar refractivity (Wildman–Crippen MR) is 144 cm³/mol. The number of aliphatic imine (C=N–C) groups is 1. The lowest BCUT2D eigenvalue weighted by atomic mass is 10.1. The van der Waals surface area contributed by atoms with E-state index in [0.29, 0.717) is 48.0 Å². The van der Waals surface area contributed by atoms with Gasteiger partial charge in [-0.05, 0) is 66.9 Å². The summed E-state index contributed by atoms with van der Waals surface area (Å²) in [4.78, 5) is 16.9. The molecule has 0 aromatic heterocycles. The first-order chi connectivity index (χ1) is 17.4. The van der Waals surface area contributed by atoms with E-state index < -0.39 is 5.91 Å². The van der Waals surface area contributed by atoms with E-state index in [4.69, 9.17) is 19.6 Å². The quantitative estimate of drug-likeness (QED) is 0.337. The third-order valence-electron chi connectivity index (χ3n) is 5.35. The van der Waals surface area contributed by atoms with Crippen LogP contribution in [0.1, 0.15) is 38.3 Å². The van der Waals surface area contributed by atoms with Gasteiger partial charge in [0.15, 0.2) is 17.3 Å². The molecule has 0 atom stereocenters. The van der Waals surface area contributed by atoms with Gasteiger partial charge in [0.25, 0.3) is 5.91 Å². The van der Waals surface area contributed by atoms with Crippen LogP contribution in [-0.2, 0) is 4.79 Å². The molecular formula is C27H30N4O4S. The number of nitrogens with one attached hydrogen (secondary N) is 1. The maximum absolute atomic E-state index is 12.7. The van der Waals surface area contributed by atoms with Crippen molar-refractivity contribution in [3.8, 4) is 17.2 Å². The molecule has 0 spiro atoms. The van der Waals surface area contributed by atoms with E-state index >= 15 is 0 Å². The number of hydrogen-bond acceptors (Lipinski definition) is 7. The van der Waals surface area contributed by atoms with Gasteiger partial charge in [0.05, 0.1) is 12.2 Å². The largest absolute Gasteiger partial charge is 0.490 e. The van der Waals surface area contributed by atoms with E-state index in [1.165, 1.54) is 16.8 Å². The monoisotopic (exact) mass is 506 g/mol. The molecule has 2 aromatic carbocycles. The van der Waals surface area contributed by atoms with Crippen molar-refractivity contribution < 1.29 is 19.0 Å². The van der Waals surface area contributed by atoms with Crippen LogP contribution in [0.2, 0.25) is 0 Å². The Morgan fingerprint density at radius 2 is 1.81 bits per heavy atom. The van der Waals surface area contributed by atoms with Gasteiger partial charge < -0.3 is 14.2 Å². The average molecular weight is 507 g/mol. The van der Waals surface area contributed by atoms with Gasteiger partial charge in [-0.2, -0.15) is 15.1 Å². The maximum atomic E-state index is 12.7. The number of rotatable bonds is 10. The highest BCUT2D eigenvalue weighted by molar-refractivity contribution is 8.26. The number of hydrogen-bond donors (Lipinski definition) is 1. The van der Waals surface area contributed by atoms with Gasteiger partial charge in [-0.25, -0.2) is 0 Å². The second-order valence-electron chi connectivity index (χ2n) is 8.71. The fourth-order valence-corrected chi connectivity index (χ4v) is 4.75. The first kappa shape index (κ1) is 25.5.